The van der Waals surface area contributed by atoms with E-state index in [0.29, 0.717) is 26.4 Å². The summed E-state index contributed by atoms with van der Waals surface area (Å²) < 4.78 is 11.0. The molecular formula is C15H26O3. The number of rotatable bonds is 13. The number of aliphatic hydroxyl groups excluding tert-OH is 1. The molecule has 0 amide bonds. The van der Waals surface area contributed by atoms with Crippen LogP contribution in [0.2, 0.25) is 0 Å². The normalized spacial score (nSPS) is 11.2. The average molecular weight is 254 g/mol. The lowest BCUT2D eigenvalue weighted by molar-refractivity contribution is -0.0459. The highest BCUT2D eigenvalue weighted by molar-refractivity contribution is 4.81. The summed E-state index contributed by atoms with van der Waals surface area (Å²) in [6.07, 6.45) is 8.05. The van der Waals surface area contributed by atoms with Crippen molar-refractivity contribution in [2.75, 3.05) is 33.0 Å². The number of aliphatic hydroxyl groups is 1. The van der Waals surface area contributed by atoms with Gasteiger partial charge in [-0.2, -0.15) is 0 Å². The third-order valence-electron chi connectivity index (χ3n) is 2.74. The Labute approximate surface area is 111 Å². The van der Waals surface area contributed by atoms with Gasteiger partial charge in [-0.3, -0.25) is 0 Å². The van der Waals surface area contributed by atoms with Crippen molar-refractivity contribution < 1.29 is 14.6 Å². The van der Waals surface area contributed by atoms with Crippen LogP contribution in [0.1, 0.15) is 19.3 Å². The third kappa shape index (κ3) is 7.43. The Hall–Kier alpha value is -0.900. The molecule has 0 aliphatic carbocycles. The van der Waals surface area contributed by atoms with Crippen molar-refractivity contribution in [3.8, 4) is 0 Å². The zero-order chi connectivity index (χ0) is 13.7. The molecule has 0 fully saturated rings. The molecule has 3 nitrogen and oxygen atoms in total. The first-order chi connectivity index (χ1) is 8.74. The van der Waals surface area contributed by atoms with Crippen LogP contribution in [0.15, 0.2) is 38.0 Å². The molecule has 0 aromatic carbocycles. The van der Waals surface area contributed by atoms with Gasteiger partial charge in [0.2, 0.25) is 0 Å². The van der Waals surface area contributed by atoms with Crippen molar-refractivity contribution in [2.24, 2.45) is 5.41 Å². The standard InChI is InChI=1S/C15H26O3/c1-4-7-8-9-15(12-16,13-17-10-5-2)14-18-11-6-3/h4-6,16H,1-3,7-14H2. The summed E-state index contributed by atoms with van der Waals surface area (Å²) in [7, 11) is 0. The van der Waals surface area contributed by atoms with Gasteiger partial charge in [-0.15, -0.1) is 19.7 Å². The molecule has 0 rings (SSSR count). The summed E-state index contributed by atoms with van der Waals surface area (Å²) in [5, 5.41) is 9.64. The maximum atomic E-state index is 9.64. The Morgan fingerprint density at radius 1 is 0.944 bits per heavy atom. The lowest BCUT2D eigenvalue weighted by Crippen LogP contribution is -2.36. The number of ether oxygens (including phenoxy) is 2. The molecule has 0 saturated heterocycles. The molecule has 0 bridgehead atoms. The second-order valence-electron chi connectivity index (χ2n) is 4.45. The van der Waals surface area contributed by atoms with E-state index >= 15 is 0 Å². The highest BCUT2D eigenvalue weighted by atomic mass is 16.5. The number of allylic oxidation sites excluding steroid dienone is 1. The molecule has 0 heterocycles. The summed E-state index contributed by atoms with van der Waals surface area (Å²) in [5.41, 5.74) is -0.338. The van der Waals surface area contributed by atoms with Crippen molar-refractivity contribution in [1.29, 1.82) is 0 Å². The predicted octanol–water partition coefficient (Wildman–Crippen LogP) is 2.73. The highest BCUT2D eigenvalue weighted by Crippen LogP contribution is 2.25. The zero-order valence-electron chi connectivity index (χ0n) is 11.3. The summed E-state index contributed by atoms with van der Waals surface area (Å²) in [5.74, 6) is 0. The first kappa shape index (κ1) is 17.1. The summed E-state index contributed by atoms with van der Waals surface area (Å²) >= 11 is 0. The van der Waals surface area contributed by atoms with Crippen LogP contribution in [0.5, 0.6) is 0 Å². The fourth-order valence-electron chi connectivity index (χ4n) is 1.70. The minimum atomic E-state index is -0.338. The molecule has 0 atom stereocenters. The molecule has 104 valence electrons. The highest BCUT2D eigenvalue weighted by Gasteiger charge is 2.29. The Morgan fingerprint density at radius 2 is 1.50 bits per heavy atom. The number of hydrogen-bond acceptors (Lipinski definition) is 3. The largest absolute Gasteiger partial charge is 0.396 e. The van der Waals surface area contributed by atoms with E-state index in [1.165, 1.54) is 0 Å². The maximum Gasteiger partial charge on any atom is 0.0645 e. The molecule has 0 aromatic rings. The van der Waals surface area contributed by atoms with Gasteiger partial charge in [-0.05, 0) is 19.3 Å². The second kappa shape index (κ2) is 11.2. The average Bonchev–Trinajstić information content (AvgIpc) is 2.39. The molecule has 0 spiro atoms. The van der Waals surface area contributed by atoms with Gasteiger partial charge in [0.15, 0.2) is 0 Å². The monoisotopic (exact) mass is 254 g/mol. The van der Waals surface area contributed by atoms with Gasteiger partial charge in [0.1, 0.15) is 0 Å². The van der Waals surface area contributed by atoms with Crippen molar-refractivity contribution in [3.05, 3.63) is 38.0 Å². The lowest BCUT2D eigenvalue weighted by Gasteiger charge is -2.31. The predicted molar refractivity (Wildman–Crippen MR) is 75.6 cm³/mol. The van der Waals surface area contributed by atoms with E-state index in [-0.39, 0.29) is 12.0 Å². The van der Waals surface area contributed by atoms with Crippen LogP contribution in [-0.2, 0) is 9.47 Å². The van der Waals surface area contributed by atoms with Crippen molar-refractivity contribution >= 4 is 0 Å². The van der Waals surface area contributed by atoms with E-state index in [1.54, 1.807) is 12.2 Å². The van der Waals surface area contributed by atoms with Crippen LogP contribution in [0, 0.1) is 5.41 Å². The molecule has 0 radical (unpaired) electrons. The Morgan fingerprint density at radius 3 is 1.89 bits per heavy atom. The first-order valence-electron chi connectivity index (χ1n) is 6.33. The van der Waals surface area contributed by atoms with Crippen LogP contribution in [0.3, 0.4) is 0 Å². The lowest BCUT2D eigenvalue weighted by atomic mass is 9.85. The SMILES string of the molecule is C=CCCCC(CO)(COCC=C)COCC=C. The van der Waals surface area contributed by atoms with Gasteiger partial charge in [-0.1, -0.05) is 18.2 Å². The minimum Gasteiger partial charge on any atom is -0.396 e. The second-order valence-corrected chi connectivity index (χ2v) is 4.45. The summed E-state index contributed by atoms with van der Waals surface area (Å²) in [4.78, 5) is 0. The van der Waals surface area contributed by atoms with Gasteiger partial charge in [0.25, 0.3) is 0 Å². The number of unbranched alkanes of at least 4 members (excludes halogenated alkanes) is 1. The molecular weight excluding hydrogens is 228 g/mol. The van der Waals surface area contributed by atoms with Gasteiger partial charge >= 0.3 is 0 Å². The smallest absolute Gasteiger partial charge is 0.0645 e. The van der Waals surface area contributed by atoms with Crippen molar-refractivity contribution in [1.82, 2.24) is 0 Å². The first-order valence-corrected chi connectivity index (χ1v) is 6.33. The minimum absolute atomic E-state index is 0.0540. The Kier molecular flexibility index (Phi) is 10.6. The van der Waals surface area contributed by atoms with Crippen molar-refractivity contribution in [2.45, 2.75) is 19.3 Å². The van der Waals surface area contributed by atoms with E-state index in [2.05, 4.69) is 19.7 Å². The van der Waals surface area contributed by atoms with E-state index in [1.807, 2.05) is 6.08 Å². The Balaban J connectivity index is 4.32. The summed E-state index contributed by atoms with van der Waals surface area (Å²) in [6, 6.07) is 0. The molecule has 18 heavy (non-hydrogen) atoms. The topological polar surface area (TPSA) is 38.7 Å². The van der Waals surface area contributed by atoms with Crippen LogP contribution >= 0.6 is 0 Å². The fourth-order valence-corrected chi connectivity index (χ4v) is 1.70. The van der Waals surface area contributed by atoms with Gasteiger partial charge in [-0.25, -0.2) is 0 Å². The van der Waals surface area contributed by atoms with E-state index < -0.39 is 0 Å². The van der Waals surface area contributed by atoms with Crippen molar-refractivity contribution in [3.63, 3.8) is 0 Å². The molecule has 0 aromatic heterocycles. The van der Waals surface area contributed by atoms with Crippen LogP contribution in [0.25, 0.3) is 0 Å². The molecule has 0 aliphatic heterocycles. The molecule has 0 saturated carbocycles. The van der Waals surface area contributed by atoms with E-state index in [0.717, 1.165) is 19.3 Å². The fraction of sp³-hybridized carbons (Fsp3) is 0.600. The van der Waals surface area contributed by atoms with E-state index in [4.69, 9.17) is 9.47 Å². The van der Waals surface area contributed by atoms with Crippen LogP contribution in [-0.4, -0.2) is 38.1 Å². The zero-order valence-corrected chi connectivity index (χ0v) is 11.3. The van der Waals surface area contributed by atoms with E-state index in [9.17, 15) is 5.11 Å². The maximum absolute atomic E-state index is 9.64. The number of hydrogen-bond donors (Lipinski definition) is 1. The van der Waals surface area contributed by atoms with Gasteiger partial charge in [0, 0.05) is 5.41 Å². The molecule has 0 unspecified atom stereocenters. The summed E-state index contributed by atoms with van der Waals surface area (Å²) in [6.45, 7) is 12.9. The quantitative estimate of drug-likeness (QED) is 0.406. The third-order valence-corrected chi connectivity index (χ3v) is 2.74. The van der Waals surface area contributed by atoms with Crippen LogP contribution < -0.4 is 0 Å². The molecule has 3 heteroatoms. The Bertz CT molecular complexity index is 200. The van der Waals surface area contributed by atoms with Crippen LogP contribution in [0.4, 0.5) is 0 Å². The van der Waals surface area contributed by atoms with Gasteiger partial charge < -0.3 is 14.6 Å². The van der Waals surface area contributed by atoms with Gasteiger partial charge in [0.05, 0.1) is 33.0 Å². The molecule has 1 N–H and O–H groups in total. The molecule has 0 aliphatic rings.